The maximum absolute atomic E-state index is 15.1. The fourth-order valence-electron chi connectivity index (χ4n) is 4.39. The molecular formula is C26H22F2N4O4S. The lowest BCUT2D eigenvalue weighted by Gasteiger charge is -2.26. The number of sulfone groups is 1. The number of fused-ring (bicyclic) bond motifs is 1. The summed E-state index contributed by atoms with van der Waals surface area (Å²) in [5.41, 5.74) is 2.99. The first kappa shape index (κ1) is 24.8. The number of aromatic nitrogens is 3. The number of carboxylic acid groups (broad SMARTS) is 1. The molecule has 37 heavy (non-hydrogen) atoms. The molecule has 1 aliphatic heterocycles. The van der Waals surface area contributed by atoms with E-state index in [-0.39, 0.29) is 48.0 Å². The number of aryl methyl sites for hydroxylation is 1. The minimum Gasteiger partial charge on any atom is -0.477 e. The van der Waals surface area contributed by atoms with Crippen LogP contribution in [0.5, 0.6) is 0 Å². The third kappa shape index (κ3) is 5.05. The maximum Gasteiger partial charge on any atom is 0.354 e. The average molecular weight is 525 g/mol. The van der Waals surface area contributed by atoms with Crippen molar-refractivity contribution in [1.29, 1.82) is 0 Å². The molecule has 0 spiro atoms. The van der Waals surface area contributed by atoms with Gasteiger partial charge in [0.1, 0.15) is 11.6 Å². The van der Waals surface area contributed by atoms with Crippen LogP contribution in [0.2, 0.25) is 0 Å². The van der Waals surface area contributed by atoms with E-state index in [2.05, 4.69) is 15.0 Å². The maximum atomic E-state index is 15.1. The smallest absolute Gasteiger partial charge is 0.354 e. The number of pyridine rings is 1. The van der Waals surface area contributed by atoms with Crippen molar-refractivity contribution in [3.05, 3.63) is 77.2 Å². The van der Waals surface area contributed by atoms with Gasteiger partial charge >= 0.3 is 5.97 Å². The topological polar surface area (TPSA) is 113 Å². The van der Waals surface area contributed by atoms with E-state index in [0.29, 0.717) is 33.4 Å². The molecule has 2 aromatic carbocycles. The lowest BCUT2D eigenvalue weighted by Crippen LogP contribution is -2.40. The van der Waals surface area contributed by atoms with Crippen molar-refractivity contribution >= 4 is 26.8 Å². The van der Waals surface area contributed by atoms with Crippen molar-refractivity contribution in [2.45, 2.75) is 13.5 Å². The van der Waals surface area contributed by atoms with Crippen molar-refractivity contribution in [1.82, 2.24) is 19.9 Å². The Bertz CT molecular complexity index is 1620. The Morgan fingerprint density at radius 3 is 2.38 bits per heavy atom. The zero-order valence-corrected chi connectivity index (χ0v) is 20.6. The zero-order chi connectivity index (χ0) is 26.3. The first-order valence-electron chi connectivity index (χ1n) is 11.5. The highest BCUT2D eigenvalue weighted by molar-refractivity contribution is 7.91. The Kier molecular flexibility index (Phi) is 6.42. The first-order valence-corrected chi connectivity index (χ1v) is 13.3. The van der Waals surface area contributed by atoms with E-state index >= 15 is 8.78 Å². The Balaban J connectivity index is 1.51. The number of benzene rings is 2. The number of para-hydroxylation sites is 1. The van der Waals surface area contributed by atoms with Crippen LogP contribution >= 0.6 is 0 Å². The molecule has 0 bridgehead atoms. The number of aromatic carboxylic acids is 1. The predicted octanol–water partition coefficient (Wildman–Crippen LogP) is 3.87. The molecule has 0 saturated carbocycles. The second-order valence-electron chi connectivity index (χ2n) is 8.97. The Labute approximate surface area is 211 Å². The number of rotatable bonds is 5. The van der Waals surface area contributed by atoms with E-state index in [9.17, 15) is 18.3 Å². The fourth-order valence-corrected chi connectivity index (χ4v) is 5.66. The summed E-state index contributed by atoms with van der Waals surface area (Å²) >= 11 is 0. The molecule has 1 saturated heterocycles. The van der Waals surface area contributed by atoms with Crippen molar-refractivity contribution in [2.24, 2.45) is 0 Å². The molecule has 0 atom stereocenters. The van der Waals surface area contributed by atoms with Crippen molar-refractivity contribution in [2.75, 3.05) is 24.6 Å². The Morgan fingerprint density at radius 1 is 1.03 bits per heavy atom. The Morgan fingerprint density at radius 2 is 1.73 bits per heavy atom. The van der Waals surface area contributed by atoms with E-state index in [1.54, 1.807) is 36.1 Å². The summed E-state index contributed by atoms with van der Waals surface area (Å²) in [7, 11) is -3.10. The summed E-state index contributed by atoms with van der Waals surface area (Å²) in [5, 5.41) is 9.23. The molecule has 0 aliphatic carbocycles. The van der Waals surface area contributed by atoms with Crippen LogP contribution in [0.3, 0.4) is 0 Å². The van der Waals surface area contributed by atoms with Gasteiger partial charge in [-0.25, -0.2) is 32.0 Å². The SMILES string of the molecule is Cc1cc(-c2cnc3cccc(-c4cc(F)c(CN5CCS(=O)(=O)CC5)c(F)c4)c3n2)cnc1C(=O)O. The normalized spacial score (nSPS) is 15.6. The molecule has 11 heteroatoms. The molecule has 190 valence electrons. The summed E-state index contributed by atoms with van der Waals surface area (Å²) in [5.74, 6) is -2.64. The first-order chi connectivity index (χ1) is 17.6. The van der Waals surface area contributed by atoms with Crippen LogP contribution in [-0.2, 0) is 16.4 Å². The van der Waals surface area contributed by atoms with Gasteiger partial charge in [0.2, 0.25) is 0 Å². The van der Waals surface area contributed by atoms with Crippen LogP contribution in [0.4, 0.5) is 8.78 Å². The van der Waals surface area contributed by atoms with Gasteiger partial charge in [-0.2, -0.15) is 0 Å². The number of carbonyl (C=O) groups is 1. The predicted molar refractivity (Wildman–Crippen MR) is 134 cm³/mol. The van der Waals surface area contributed by atoms with Gasteiger partial charge in [0.05, 0.1) is 34.4 Å². The number of halogens is 2. The van der Waals surface area contributed by atoms with Crippen LogP contribution in [0.1, 0.15) is 21.6 Å². The third-order valence-electron chi connectivity index (χ3n) is 6.42. The van der Waals surface area contributed by atoms with Crippen LogP contribution in [0.25, 0.3) is 33.4 Å². The molecule has 2 aromatic heterocycles. The van der Waals surface area contributed by atoms with Gasteiger partial charge in [-0.15, -0.1) is 0 Å². The van der Waals surface area contributed by atoms with E-state index in [0.717, 1.165) is 0 Å². The highest BCUT2D eigenvalue weighted by Crippen LogP contribution is 2.31. The number of hydrogen-bond donors (Lipinski definition) is 1. The summed E-state index contributed by atoms with van der Waals surface area (Å²) in [4.78, 5) is 26.1. The number of carboxylic acids is 1. The van der Waals surface area contributed by atoms with Gasteiger partial charge < -0.3 is 5.11 Å². The lowest BCUT2D eigenvalue weighted by atomic mass is 10.0. The van der Waals surface area contributed by atoms with Gasteiger partial charge in [0.25, 0.3) is 0 Å². The van der Waals surface area contributed by atoms with Gasteiger partial charge in [-0.05, 0) is 42.3 Å². The standard InChI is InChI=1S/C26H22F2N4O4S/c1-15-9-17(12-30-24(15)26(33)34)23-13-29-22-4-2-3-18(25(22)31-23)16-10-20(27)19(21(28)11-16)14-32-5-7-37(35,36)8-6-32/h2-4,9-13H,5-8,14H2,1H3,(H,33,34). The molecule has 4 aromatic rings. The summed E-state index contributed by atoms with van der Waals surface area (Å²) < 4.78 is 53.5. The van der Waals surface area contributed by atoms with Gasteiger partial charge in [0.15, 0.2) is 15.5 Å². The Hall–Kier alpha value is -3.83. The minimum atomic E-state index is -3.10. The molecule has 5 rings (SSSR count). The molecule has 1 aliphatic rings. The number of nitrogens with zero attached hydrogens (tertiary/aromatic N) is 4. The largest absolute Gasteiger partial charge is 0.477 e. The third-order valence-corrected chi connectivity index (χ3v) is 8.03. The summed E-state index contributed by atoms with van der Waals surface area (Å²) in [6, 6.07) is 9.29. The molecule has 3 heterocycles. The molecule has 0 radical (unpaired) electrons. The monoisotopic (exact) mass is 524 g/mol. The molecule has 8 nitrogen and oxygen atoms in total. The minimum absolute atomic E-state index is 0.0222. The van der Waals surface area contributed by atoms with E-state index in [1.165, 1.54) is 24.5 Å². The average Bonchev–Trinajstić information content (AvgIpc) is 2.86. The molecule has 0 amide bonds. The molecular weight excluding hydrogens is 502 g/mol. The molecule has 1 fully saturated rings. The van der Waals surface area contributed by atoms with Crippen LogP contribution in [0.15, 0.2) is 48.8 Å². The van der Waals surface area contributed by atoms with Gasteiger partial charge in [-0.3, -0.25) is 9.88 Å². The van der Waals surface area contributed by atoms with E-state index in [1.807, 2.05) is 0 Å². The molecule has 1 N–H and O–H groups in total. The van der Waals surface area contributed by atoms with Gasteiger partial charge in [-0.1, -0.05) is 12.1 Å². The lowest BCUT2D eigenvalue weighted by molar-refractivity contribution is 0.0689. The van der Waals surface area contributed by atoms with Crippen molar-refractivity contribution in [3.63, 3.8) is 0 Å². The van der Waals surface area contributed by atoms with Crippen LogP contribution < -0.4 is 0 Å². The summed E-state index contributed by atoms with van der Waals surface area (Å²) in [6.07, 6.45) is 2.93. The highest BCUT2D eigenvalue weighted by atomic mass is 32.2. The van der Waals surface area contributed by atoms with Crippen LogP contribution in [-0.4, -0.2) is 63.9 Å². The number of hydrogen-bond acceptors (Lipinski definition) is 7. The van der Waals surface area contributed by atoms with Gasteiger partial charge in [0, 0.05) is 42.5 Å². The fraction of sp³-hybridized carbons (Fsp3) is 0.231. The quantitative estimate of drug-likeness (QED) is 0.419. The highest BCUT2D eigenvalue weighted by Gasteiger charge is 2.24. The van der Waals surface area contributed by atoms with Crippen molar-refractivity contribution in [3.8, 4) is 22.4 Å². The van der Waals surface area contributed by atoms with E-state index in [4.69, 9.17) is 0 Å². The zero-order valence-electron chi connectivity index (χ0n) is 19.8. The molecule has 0 unspecified atom stereocenters. The van der Waals surface area contributed by atoms with E-state index < -0.39 is 27.4 Å². The second kappa shape index (κ2) is 9.56. The van der Waals surface area contributed by atoms with Crippen LogP contribution in [0, 0.1) is 18.6 Å². The summed E-state index contributed by atoms with van der Waals surface area (Å²) in [6.45, 7) is 2.07. The van der Waals surface area contributed by atoms with Crippen molar-refractivity contribution < 1.29 is 27.1 Å². The second-order valence-corrected chi connectivity index (χ2v) is 11.3.